The smallest absolute Gasteiger partial charge is 0.127 e. The van der Waals surface area contributed by atoms with Crippen LogP contribution in [0.15, 0.2) is 42.5 Å². The Balaban J connectivity index is 2.13. The van der Waals surface area contributed by atoms with E-state index in [-0.39, 0.29) is 5.84 Å². The molecule has 0 atom stereocenters. The van der Waals surface area contributed by atoms with Gasteiger partial charge in [-0.1, -0.05) is 0 Å². The minimum Gasteiger partial charge on any atom is -0.494 e. The van der Waals surface area contributed by atoms with E-state index in [1.54, 1.807) is 12.1 Å². The lowest BCUT2D eigenvalue weighted by atomic mass is 10.1. The maximum atomic E-state index is 7.45. The quantitative estimate of drug-likeness (QED) is 0.645. The predicted molar refractivity (Wildman–Crippen MR) is 79.9 cm³/mol. The number of amidine groups is 1. The van der Waals surface area contributed by atoms with Crippen molar-refractivity contribution in [1.82, 2.24) is 0 Å². The van der Waals surface area contributed by atoms with E-state index in [0.717, 1.165) is 28.4 Å². The summed E-state index contributed by atoms with van der Waals surface area (Å²) in [7, 11) is 0. The Bertz CT molecular complexity index is 606. The summed E-state index contributed by atoms with van der Waals surface area (Å²) in [4.78, 5) is 0. The third-order valence-electron chi connectivity index (χ3n) is 2.86. The number of hydrogen-bond acceptors (Lipinski definition) is 3. The van der Waals surface area contributed by atoms with Crippen molar-refractivity contribution in [2.75, 3.05) is 6.61 Å². The van der Waals surface area contributed by atoms with Gasteiger partial charge in [0.15, 0.2) is 0 Å². The third-order valence-corrected chi connectivity index (χ3v) is 2.86. The molecule has 4 nitrogen and oxygen atoms in total. The van der Waals surface area contributed by atoms with Gasteiger partial charge in [0, 0.05) is 5.56 Å². The maximum absolute atomic E-state index is 7.45. The first-order chi connectivity index (χ1) is 9.60. The van der Waals surface area contributed by atoms with Crippen molar-refractivity contribution in [3.63, 3.8) is 0 Å². The molecular formula is C16H18N2O2. The van der Waals surface area contributed by atoms with Crippen molar-refractivity contribution in [3.05, 3.63) is 53.6 Å². The molecule has 0 aromatic heterocycles. The maximum Gasteiger partial charge on any atom is 0.127 e. The van der Waals surface area contributed by atoms with E-state index in [2.05, 4.69) is 0 Å². The van der Waals surface area contributed by atoms with Crippen molar-refractivity contribution in [1.29, 1.82) is 5.41 Å². The van der Waals surface area contributed by atoms with Crippen LogP contribution in [0.2, 0.25) is 0 Å². The van der Waals surface area contributed by atoms with Gasteiger partial charge in [0.2, 0.25) is 0 Å². The summed E-state index contributed by atoms with van der Waals surface area (Å²) in [6, 6.07) is 12.9. The molecule has 4 heteroatoms. The number of benzene rings is 2. The molecule has 0 saturated carbocycles. The predicted octanol–water partition coefficient (Wildman–Crippen LogP) is 3.47. The van der Waals surface area contributed by atoms with Crippen LogP contribution in [-0.2, 0) is 0 Å². The van der Waals surface area contributed by atoms with E-state index in [0.29, 0.717) is 6.61 Å². The van der Waals surface area contributed by atoms with Crippen molar-refractivity contribution < 1.29 is 9.47 Å². The highest BCUT2D eigenvalue weighted by atomic mass is 16.5. The fraction of sp³-hybridized carbons (Fsp3) is 0.188. The fourth-order valence-corrected chi connectivity index (χ4v) is 1.91. The lowest BCUT2D eigenvalue weighted by Gasteiger charge is -2.10. The normalized spacial score (nSPS) is 10.1. The van der Waals surface area contributed by atoms with Crippen LogP contribution in [0.4, 0.5) is 0 Å². The summed E-state index contributed by atoms with van der Waals surface area (Å²) in [5.41, 5.74) is 7.13. The highest BCUT2D eigenvalue weighted by Crippen LogP contribution is 2.25. The van der Waals surface area contributed by atoms with Crippen LogP contribution in [0.1, 0.15) is 18.1 Å². The van der Waals surface area contributed by atoms with Crippen LogP contribution < -0.4 is 15.2 Å². The molecule has 0 saturated heterocycles. The number of hydrogen-bond donors (Lipinski definition) is 2. The zero-order chi connectivity index (χ0) is 14.5. The van der Waals surface area contributed by atoms with Gasteiger partial charge < -0.3 is 15.2 Å². The Kier molecular flexibility index (Phi) is 4.25. The van der Waals surface area contributed by atoms with Crippen LogP contribution in [-0.4, -0.2) is 12.4 Å². The molecule has 0 aliphatic carbocycles. The summed E-state index contributed by atoms with van der Waals surface area (Å²) in [6.07, 6.45) is 0. The second kappa shape index (κ2) is 6.10. The Hall–Kier alpha value is -2.49. The number of nitrogen functional groups attached to an aromatic ring is 1. The number of rotatable bonds is 5. The van der Waals surface area contributed by atoms with Crippen LogP contribution in [0.3, 0.4) is 0 Å². The zero-order valence-corrected chi connectivity index (χ0v) is 11.6. The fourth-order valence-electron chi connectivity index (χ4n) is 1.91. The number of nitrogens with two attached hydrogens (primary N) is 1. The highest BCUT2D eigenvalue weighted by Gasteiger charge is 2.04. The average Bonchev–Trinajstić information content (AvgIpc) is 2.41. The van der Waals surface area contributed by atoms with Crippen LogP contribution in [0.25, 0.3) is 0 Å². The Morgan fingerprint density at radius 1 is 1.05 bits per heavy atom. The first kappa shape index (κ1) is 13.9. The number of nitrogens with one attached hydrogen (secondary N) is 1. The second-order valence-electron chi connectivity index (χ2n) is 4.40. The molecule has 20 heavy (non-hydrogen) atoms. The lowest BCUT2D eigenvalue weighted by molar-refractivity contribution is 0.339. The van der Waals surface area contributed by atoms with Gasteiger partial charge in [-0.25, -0.2) is 0 Å². The van der Waals surface area contributed by atoms with Gasteiger partial charge in [-0.2, -0.15) is 0 Å². The summed E-state index contributed by atoms with van der Waals surface area (Å²) in [5.74, 6) is 2.35. The van der Waals surface area contributed by atoms with E-state index >= 15 is 0 Å². The van der Waals surface area contributed by atoms with Gasteiger partial charge in [0.1, 0.15) is 23.1 Å². The topological polar surface area (TPSA) is 68.3 Å². The molecule has 0 aliphatic heterocycles. The first-order valence-electron chi connectivity index (χ1n) is 6.46. The molecule has 0 amide bonds. The molecule has 0 unspecified atom stereocenters. The molecule has 0 bridgehead atoms. The van der Waals surface area contributed by atoms with Gasteiger partial charge in [0.05, 0.1) is 6.61 Å². The van der Waals surface area contributed by atoms with Crippen molar-refractivity contribution in [3.8, 4) is 17.2 Å². The van der Waals surface area contributed by atoms with Crippen LogP contribution in [0, 0.1) is 12.3 Å². The zero-order valence-electron chi connectivity index (χ0n) is 11.6. The molecule has 0 radical (unpaired) electrons. The highest BCUT2D eigenvalue weighted by molar-refractivity contribution is 5.96. The van der Waals surface area contributed by atoms with Crippen molar-refractivity contribution >= 4 is 5.84 Å². The van der Waals surface area contributed by atoms with Gasteiger partial charge in [-0.05, 0) is 61.9 Å². The third kappa shape index (κ3) is 3.29. The molecule has 0 aliphatic rings. The Morgan fingerprint density at radius 2 is 1.65 bits per heavy atom. The Labute approximate surface area is 118 Å². The Morgan fingerprint density at radius 3 is 2.20 bits per heavy atom. The van der Waals surface area contributed by atoms with Crippen molar-refractivity contribution in [2.45, 2.75) is 13.8 Å². The summed E-state index contributed by atoms with van der Waals surface area (Å²) >= 11 is 0. The first-order valence-corrected chi connectivity index (χ1v) is 6.46. The summed E-state index contributed by atoms with van der Waals surface area (Å²) in [5, 5.41) is 7.45. The van der Waals surface area contributed by atoms with Crippen LogP contribution >= 0.6 is 0 Å². The van der Waals surface area contributed by atoms with E-state index < -0.39 is 0 Å². The standard InChI is InChI=1S/C16H18N2O2/c1-3-19-12-4-6-13(7-5-12)20-14-8-9-15(16(17)18)11(2)10-14/h4-10H,3H2,1-2H3,(H3,17,18). The number of ether oxygens (including phenoxy) is 2. The molecule has 2 rings (SSSR count). The second-order valence-corrected chi connectivity index (χ2v) is 4.40. The van der Waals surface area contributed by atoms with Gasteiger partial charge in [-0.3, -0.25) is 5.41 Å². The average molecular weight is 270 g/mol. The number of aryl methyl sites for hydroxylation is 1. The van der Waals surface area contributed by atoms with E-state index in [1.807, 2.05) is 44.2 Å². The molecule has 2 aromatic carbocycles. The van der Waals surface area contributed by atoms with Crippen LogP contribution in [0.5, 0.6) is 17.2 Å². The van der Waals surface area contributed by atoms with Crippen molar-refractivity contribution in [2.24, 2.45) is 5.73 Å². The summed E-state index contributed by atoms with van der Waals surface area (Å²) in [6.45, 7) is 4.50. The van der Waals surface area contributed by atoms with Gasteiger partial charge in [-0.15, -0.1) is 0 Å². The molecule has 0 fully saturated rings. The molecule has 0 heterocycles. The SMILES string of the molecule is CCOc1ccc(Oc2ccc(C(=N)N)c(C)c2)cc1. The molecule has 0 spiro atoms. The van der Waals surface area contributed by atoms with E-state index in [1.165, 1.54) is 0 Å². The molecular weight excluding hydrogens is 252 g/mol. The van der Waals surface area contributed by atoms with Gasteiger partial charge >= 0.3 is 0 Å². The minimum absolute atomic E-state index is 0.0649. The lowest BCUT2D eigenvalue weighted by Crippen LogP contribution is -2.12. The minimum atomic E-state index is 0.0649. The molecule has 2 aromatic rings. The largest absolute Gasteiger partial charge is 0.494 e. The monoisotopic (exact) mass is 270 g/mol. The van der Waals surface area contributed by atoms with E-state index in [4.69, 9.17) is 20.6 Å². The van der Waals surface area contributed by atoms with E-state index in [9.17, 15) is 0 Å². The van der Waals surface area contributed by atoms with Gasteiger partial charge in [0.25, 0.3) is 0 Å². The molecule has 104 valence electrons. The molecule has 3 N–H and O–H groups in total. The summed E-state index contributed by atoms with van der Waals surface area (Å²) < 4.78 is 11.1.